The van der Waals surface area contributed by atoms with E-state index in [1.807, 2.05) is 29.6 Å². The third-order valence-electron chi connectivity index (χ3n) is 2.95. The van der Waals surface area contributed by atoms with Crippen LogP contribution in [0.2, 0.25) is 0 Å². The van der Waals surface area contributed by atoms with E-state index in [1.54, 1.807) is 6.92 Å². The average molecular weight is 340 g/mol. The molecule has 0 radical (unpaired) electrons. The lowest BCUT2D eigenvalue weighted by Gasteiger charge is -2.10. The Morgan fingerprint density at radius 2 is 2.32 bits per heavy atom. The molecule has 2 aromatic rings. The first kappa shape index (κ1) is 16.7. The maximum atomic E-state index is 11.4. The minimum atomic E-state index is -0.583. The number of alkyl halides is 1. The van der Waals surface area contributed by atoms with E-state index < -0.39 is 6.10 Å². The van der Waals surface area contributed by atoms with Gasteiger partial charge in [-0.15, -0.1) is 22.9 Å². The number of anilines is 2. The van der Waals surface area contributed by atoms with E-state index in [0.29, 0.717) is 18.1 Å². The minimum Gasteiger partial charge on any atom is -0.390 e. The summed E-state index contributed by atoms with van der Waals surface area (Å²) in [5, 5.41) is 17.8. The van der Waals surface area contributed by atoms with Gasteiger partial charge in [0, 0.05) is 29.6 Å². The molecule has 1 atom stereocenters. The molecule has 1 amide bonds. The first-order valence-corrected chi connectivity index (χ1v) is 8.37. The van der Waals surface area contributed by atoms with Crippen LogP contribution in [-0.2, 0) is 4.79 Å². The van der Waals surface area contributed by atoms with Gasteiger partial charge >= 0.3 is 0 Å². The lowest BCUT2D eigenvalue weighted by Crippen LogP contribution is -2.20. The molecule has 0 fully saturated rings. The van der Waals surface area contributed by atoms with Crippen molar-refractivity contribution in [2.24, 2.45) is 0 Å². The molecule has 0 saturated heterocycles. The highest BCUT2D eigenvalue weighted by Gasteiger charge is 2.08. The molecule has 5 nitrogen and oxygen atoms in total. The summed E-state index contributed by atoms with van der Waals surface area (Å²) in [6.07, 6.45) is -0.155. The molecule has 0 aliphatic heterocycles. The van der Waals surface area contributed by atoms with Crippen molar-refractivity contribution in [3.05, 3.63) is 29.6 Å². The lowest BCUT2D eigenvalue weighted by atomic mass is 10.1. The number of thiazole rings is 1. The fraction of sp³-hybridized carbons (Fsp3) is 0.333. The van der Waals surface area contributed by atoms with Gasteiger partial charge in [-0.3, -0.25) is 4.79 Å². The number of nitrogens with zero attached hydrogens (tertiary/aromatic N) is 1. The van der Waals surface area contributed by atoms with E-state index >= 15 is 0 Å². The van der Waals surface area contributed by atoms with Gasteiger partial charge in [0.15, 0.2) is 5.13 Å². The summed E-state index contributed by atoms with van der Waals surface area (Å²) >= 11 is 6.96. The first-order chi connectivity index (χ1) is 10.6. The van der Waals surface area contributed by atoms with Gasteiger partial charge in [0.1, 0.15) is 0 Å². The highest BCUT2D eigenvalue weighted by molar-refractivity contribution is 7.14. The minimum absolute atomic E-state index is 0.0496. The van der Waals surface area contributed by atoms with Crippen molar-refractivity contribution in [3.63, 3.8) is 0 Å². The van der Waals surface area contributed by atoms with Gasteiger partial charge in [-0.25, -0.2) is 4.98 Å². The molecule has 0 bridgehead atoms. The maximum Gasteiger partial charge on any atom is 0.225 e. The molecule has 2 rings (SSSR count). The third-order valence-corrected chi connectivity index (χ3v) is 4.06. The molecule has 1 unspecified atom stereocenters. The molecule has 1 aromatic carbocycles. The van der Waals surface area contributed by atoms with E-state index in [0.717, 1.165) is 16.9 Å². The average Bonchev–Trinajstić information content (AvgIpc) is 3.01. The molecule has 0 aliphatic rings. The summed E-state index contributed by atoms with van der Waals surface area (Å²) in [6, 6.07) is 7.72. The first-order valence-electron chi connectivity index (χ1n) is 6.96. The fourth-order valence-corrected chi connectivity index (χ4v) is 2.60. The number of aliphatic hydroxyl groups excluding tert-OH is 1. The van der Waals surface area contributed by atoms with Crippen LogP contribution in [0.15, 0.2) is 29.6 Å². The van der Waals surface area contributed by atoms with Crippen LogP contribution in [0.4, 0.5) is 10.8 Å². The van der Waals surface area contributed by atoms with Crippen LogP contribution >= 0.6 is 22.9 Å². The van der Waals surface area contributed by atoms with Gasteiger partial charge in [-0.1, -0.05) is 19.1 Å². The third kappa shape index (κ3) is 4.69. The molecule has 1 aromatic heterocycles. The number of benzene rings is 1. The number of carbonyl (C=O) groups is 1. The van der Waals surface area contributed by atoms with Gasteiger partial charge in [-0.05, 0) is 12.1 Å². The lowest BCUT2D eigenvalue weighted by molar-refractivity contribution is -0.115. The number of hydrogen-bond donors (Lipinski definition) is 3. The molecule has 3 N–H and O–H groups in total. The Kier molecular flexibility index (Phi) is 6.18. The number of carbonyl (C=O) groups excluding carboxylic acids is 1. The van der Waals surface area contributed by atoms with Crippen LogP contribution in [0.3, 0.4) is 0 Å². The molecule has 22 heavy (non-hydrogen) atoms. The van der Waals surface area contributed by atoms with E-state index in [1.165, 1.54) is 11.3 Å². The molecular weight excluding hydrogens is 322 g/mol. The van der Waals surface area contributed by atoms with Crippen LogP contribution in [0.1, 0.15) is 13.3 Å². The largest absolute Gasteiger partial charge is 0.390 e. The second-order valence-corrected chi connectivity index (χ2v) is 5.88. The van der Waals surface area contributed by atoms with Crippen molar-refractivity contribution >= 4 is 39.7 Å². The highest BCUT2D eigenvalue weighted by atomic mass is 35.5. The number of nitrogens with one attached hydrogen (secondary N) is 2. The monoisotopic (exact) mass is 339 g/mol. The number of halogens is 1. The number of aromatic nitrogens is 1. The van der Waals surface area contributed by atoms with Crippen molar-refractivity contribution in [1.29, 1.82) is 0 Å². The normalized spacial score (nSPS) is 12.0. The topological polar surface area (TPSA) is 74.2 Å². The Morgan fingerprint density at radius 3 is 3.05 bits per heavy atom. The molecule has 7 heteroatoms. The summed E-state index contributed by atoms with van der Waals surface area (Å²) in [5.74, 6) is 0.144. The predicted octanol–water partition coefficient (Wildman–Crippen LogP) is 3.17. The van der Waals surface area contributed by atoms with Gasteiger partial charge in [-0.2, -0.15) is 0 Å². The van der Waals surface area contributed by atoms with Gasteiger partial charge in [0.2, 0.25) is 5.91 Å². The van der Waals surface area contributed by atoms with Crippen molar-refractivity contribution in [1.82, 2.24) is 4.98 Å². The standard InChI is InChI=1S/C15H18ClN3O2S/c1-2-14(21)19-15-18-13(9-22-15)10-4-3-5-11(6-10)17-8-12(20)7-16/h3-6,9,12,17,20H,2,7-8H2,1H3,(H,18,19,21). The Labute approximate surface area is 138 Å². The molecule has 118 valence electrons. The van der Waals surface area contributed by atoms with Crippen LogP contribution < -0.4 is 10.6 Å². The SMILES string of the molecule is CCC(=O)Nc1nc(-c2cccc(NCC(O)CCl)c2)cs1. The maximum absolute atomic E-state index is 11.4. The van der Waals surface area contributed by atoms with Crippen molar-refractivity contribution < 1.29 is 9.90 Å². The van der Waals surface area contributed by atoms with Crippen LogP contribution in [0.25, 0.3) is 11.3 Å². The summed E-state index contributed by atoms with van der Waals surface area (Å²) in [6.45, 7) is 2.19. The number of rotatable bonds is 7. The summed E-state index contributed by atoms with van der Waals surface area (Å²) in [7, 11) is 0. The van der Waals surface area contributed by atoms with Gasteiger partial charge in [0.25, 0.3) is 0 Å². The zero-order valence-electron chi connectivity index (χ0n) is 12.2. The van der Waals surface area contributed by atoms with Crippen molar-refractivity contribution in [2.45, 2.75) is 19.4 Å². The summed E-state index contributed by atoms with van der Waals surface area (Å²) < 4.78 is 0. The number of amides is 1. The highest BCUT2D eigenvalue weighted by Crippen LogP contribution is 2.26. The van der Waals surface area contributed by atoms with Crippen molar-refractivity contribution in [2.75, 3.05) is 23.1 Å². The predicted molar refractivity (Wildman–Crippen MR) is 91.7 cm³/mol. The molecular formula is C15H18ClN3O2S. The molecule has 1 heterocycles. The van der Waals surface area contributed by atoms with Crippen LogP contribution in [-0.4, -0.2) is 34.5 Å². The van der Waals surface area contributed by atoms with Crippen LogP contribution in [0, 0.1) is 0 Å². The Hall–Kier alpha value is -1.63. The van der Waals surface area contributed by atoms with E-state index in [2.05, 4.69) is 15.6 Å². The Morgan fingerprint density at radius 1 is 1.50 bits per heavy atom. The number of aliphatic hydroxyl groups is 1. The quantitative estimate of drug-likeness (QED) is 0.677. The van der Waals surface area contributed by atoms with Crippen molar-refractivity contribution in [3.8, 4) is 11.3 Å². The molecule has 0 aliphatic carbocycles. The van der Waals surface area contributed by atoms with Gasteiger partial charge < -0.3 is 15.7 Å². The van der Waals surface area contributed by atoms with Crippen LogP contribution in [0.5, 0.6) is 0 Å². The second-order valence-electron chi connectivity index (χ2n) is 4.71. The Balaban J connectivity index is 2.07. The van der Waals surface area contributed by atoms with Gasteiger partial charge in [0.05, 0.1) is 17.7 Å². The number of hydrogen-bond acceptors (Lipinski definition) is 5. The smallest absolute Gasteiger partial charge is 0.225 e. The van der Waals surface area contributed by atoms with E-state index in [-0.39, 0.29) is 11.8 Å². The Bertz CT molecular complexity index is 633. The summed E-state index contributed by atoms with van der Waals surface area (Å²) in [5.41, 5.74) is 2.63. The zero-order chi connectivity index (χ0) is 15.9. The van der Waals surface area contributed by atoms with E-state index in [4.69, 9.17) is 11.6 Å². The summed E-state index contributed by atoms with van der Waals surface area (Å²) in [4.78, 5) is 15.8. The molecule has 0 saturated carbocycles. The molecule has 0 spiro atoms. The fourth-order valence-electron chi connectivity index (χ4n) is 1.75. The van der Waals surface area contributed by atoms with E-state index in [9.17, 15) is 9.90 Å². The zero-order valence-corrected chi connectivity index (χ0v) is 13.7. The second kappa shape index (κ2) is 8.12.